The topological polar surface area (TPSA) is 83.1 Å². The lowest BCUT2D eigenvalue weighted by molar-refractivity contribution is -0.274. The van der Waals surface area contributed by atoms with Crippen molar-refractivity contribution in [1.82, 2.24) is 15.1 Å². The van der Waals surface area contributed by atoms with Crippen molar-refractivity contribution < 1.29 is 32.2 Å². The number of anilines is 1. The van der Waals surface area contributed by atoms with Crippen LogP contribution in [0.4, 0.5) is 23.7 Å². The molecule has 2 amide bonds. The van der Waals surface area contributed by atoms with Crippen LogP contribution in [0.3, 0.4) is 0 Å². The molecule has 0 radical (unpaired) electrons. The van der Waals surface area contributed by atoms with Gasteiger partial charge in [-0.1, -0.05) is 11.6 Å². The number of urea groups is 1. The molecule has 2 saturated heterocycles. The molecule has 2 aliphatic rings. The van der Waals surface area contributed by atoms with Crippen LogP contribution in [0, 0.1) is 0 Å². The van der Waals surface area contributed by atoms with Crippen molar-refractivity contribution >= 4 is 45.2 Å². The molecule has 0 aromatic heterocycles. The Hall–Kier alpha value is -1.76. The molecule has 1 aromatic carbocycles. The van der Waals surface area contributed by atoms with Gasteiger partial charge in [0.25, 0.3) is 0 Å². The van der Waals surface area contributed by atoms with Crippen LogP contribution in [0.15, 0.2) is 16.6 Å². The summed E-state index contributed by atoms with van der Waals surface area (Å²) in [5.74, 6) is -0.787. The maximum Gasteiger partial charge on any atom is 0.573 e. The van der Waals surface area contributed by atoms with Gasteiger partial charge in [0.05, 0.1) is 15.2 Å². The smallest absolute Gasteiger partial charge is 0.459 e. The highest BCUT2D eigenvalue weighted by atomic mass is 79.9. The first-order valence-electron chi connectivity index (χ1n) is 11.7. The molecule has 2 unspecified atom stereocenters. The molecule has 8 nitrogen and oxygen atoms in total. The van der Waals surface area contributed by atoms with Gasteiger partial charge in [0.15, 0.2) is 0 Å². The van der Waals surface area contributed by atoms with Gasteiger partial charge in [-0.05, 0) is 62.5 Å². The number of esters is 1. The first-order valence-corrected chi connectivity index (χ1v) is 12.8. The number of nitrogens with zero attached hydrogens (tertiary/aromatic N) is 2. The average molecular weight is 600 g/mol. The van der Waals surface area contributed by atoms with Crippen LogP contribution in [0.25, 0.3) is 0 Å². The van der Waals surface area contributed by atoms with Crippen LogP contribution in [0.2, 0.25) is 5.02 Å². The molecule has 3 rings (SSSR count). The van der Waals surface area contributed by atoms with Crippen LogP contribution in [-0.4, -0.2) is 78.1 Å². The molecule has 2 heterocycles. The Morgan fingerprint density at radius 1 is 1.17 bits per heavy atom. The Morgan fingerprint density at radius 3 is 2.39 bits per heavy atom. The summed E-state index contributed by atoms with van der Waals surface area (Å²) in [6.45, 7) is 9.61. The number of benzene rings is 1. The second kappa shape index (κ2) is 11.3. The van der Waals surface area contributed by atoms with Crippen LogP contribution in [0.5, 0.6) is 5.75 Å². The first-order chi connectivity index (χ1) is 16.6. The normalized spacial score (nSPS) is 22.3. The van der Waals surface area contributed by atoms with E-state index in [0.717, 1.165) is 12.6 Å². The second-order valence-electron chi connectivity index (χ2n) is 9.96. The Balaban J connectivity index is 1.64. The Kier molecular flexibility index (Phi) is 9.06. The summed E-state index contributed by atoms with van der Waals surface area (Å²) >= 11 is 9.11. The molecule has 2 aliphatic heterocycles. The number of rotatable bonds is 4. The number of alkyl halides is 3. The van der Waals surface area contributed by atoms with E-state index < -0.39 is 29.8 Å². The standard InChI is InChI=1S/C23H31BrClF3N4O4/c1-13-11-29-12-18(20(33)36-22(2,3)4)32(13)14-5-7-31(8-6-14)21(34)30-17-10-19(35-23(26,27)28)15(24)9-16(17)25/h9-10,13-14,18,29H,5-8,11-12H2,1-4H3,(H,30,34). The summed E-state index contributed by atoms with van der Waals surface area (Å²) in [7, 11) is 0. The van der Waals surface area contributed by atoms with Crippen LogP contribution in [0.1, 0.15) is 40.5 Å². The number of piperazine rings is 1. The number of ether oxygens (including phenoxy) is 2. The molecule has 2 fully saturated rings. The fourth-order valence-corrected chi connectivity index (χ4v) is 5.29. The van der Waals surface area contributed by atoms with Gasteiger partial charge in [-0.3, -0.25) is 9.69 Å². The predicted octanol–water partition coefficient (Wildman–Crippen LogP) is 5.00. The van der Waals surface area contributed by atoms with E-state index >= 15 is 0 Å². The van der Waals surface area contributed by atoms with E-state index in [9.17, 15) is 22.8 Å². The van der Waals surface area contributed by atoms with Gasteiger partial charge in [0.2, 0.25) is 0 Å². The molecule has 2 atom stereocenters. The Labute approximate surface area is 221 Å². The Bertz CT molecular complexity index is 968. The predicted molar refractivity (Wildman–Crippen MR) is 133 cm³/mol. The van der Waals surface area contributed by atoms with Crippen molar-refractivity contribution in [2.24, 2.45) is 0 Å². The van der Waals surface area contributed by atoms with E-state index in [2.05, 4.69) is 43.1 Å². The number of halogens is 5. The quantitative estimate of drug-likeness (QED) is 0.474. The third-order valence-corrected chi connectivity index (χ3v) is 6.92. The third-order valence-electron chi connectivity index (χ3n) is 5.99. The minimum Gasteiger partial charge on any atom is -0.459 e. The molecular weight excluding hydrogens is 569 g/mol. The molecule has 2 N–H and O–H groups in total. The van der Waals surface area contributed by atoms with Crippen LogP contribution in [-0.2, 0) is 9.53 Å². The van der Waals surface area contributed by atoms with E-state index in [1.807, 2.05) is 20.8 Å². The molecule has 0 bridgehead atoms. The SMILES string of the molecule is CC1CNCC(C(=O)OC(C)(C)C)N1C1CCN(C(=O)Nc2cc(OC(F)(F)F)c(Br)cc2Cl)CC1. The maximum atomic E-state index is 12.9. The number of nitrogens with one attached hydrogen (secondary N) is 2. The van der Waals surface area contributed by atoms with Crippen molar-refractivity contribution in [1.29, 1.82) is 0 Å². The van der Waals surface area contributed by atoms with Crippen molar-refractivity contribution in [3.8, 4) is 5.75 Å². The molecule has 0 spiro atoms. The molecule has 36 heavy (non-hydrogen) atoms. The zero-order valence-electron chi connectivity index (χ0n) is 20.5. The minimum atomic E-state index is -4.89. The molecule has 13 heteroatoms. The van der Waals surface area contributed by atoms with Gasteiger partial charge in [-0.25, -0.2) is 4.79 Å². The number of likely N-dealkylation sites (tertiary alicyclic amines) is 1. The fraction of sp³-hybridized carbons (Fsp3) is 0.652. The Morgan fingerprint density at radius 2 is 1.81 bits per heavy atom. The minimum absolute atomic E-state index is 0.00644. The van der Waals surface area contributed by atoms with Crippen molar-refractivity contribution in [2.45, 2.75) is 70.6 Å². The van der Waals surface area contributed by atoms with Gasteiger partial charge >= 0.3 is 18.4 Å². The molecule has 0 aliphatic carbocycles. The number of carbonyl (C=O) groups is 2. The van der Waals surface area contributed by atoms with E-state index in [0.29, 0.717) is 32.5 Å². The largest absolute Gasteiger partial charge is 0.573 e. The molecule has 1 aromatic rings. The lowest BCUT2D eigenvalue weighted by atomic mass is 9.97. The van der Waals surface area contributed by atoms with Gasteiger partial charge < -0.3 is 25.0 Å². The number of carbonyl (C=O) groups excluding carboxylic acids is 2. The zero-order chi connectivity index (χ0) is 26.8. The molecular formula is C23H31BrClF3N4O4. The second-order valence-corrected chi connectivity index (χ2v) is 11.2. The summed E-state index contributed by atoms with van der Waals surface area (Å²) < 4.78 is 47.7. The van der Waals surface area contributed by atoms with E-state index in [-0.39, 0.29) is 33.2 Å². The highest BCUT2D eigenvalue weighted by molar-refractivity contribution is 9.10. The maximum absolute atomic E-state index is 12.9. The fourth-order valence-electron chi connectivity index (χ4n) is 4.53. The summed E-state index contributed by atoms with van der Waals surface area (Å²) in [6, 6.07) is 1.53. The summed E-state index contributed by atoms with van der Waals surface area (Å²) in [4.78, 5) is 29.5. The van der Waals surface area contributed by atoms with Gasteiger partial charge in [-0.2, -0.15) is 0 Å². The van der Waals surface area contributed by atoms with Crippen LogP contribution < -0.4 is 15.4 Å². The van der Waals surface area contributed by atoms with Crippen molar-refractivity contribution in [3.05, 3.63) is 21.6 Å². The van der Waals surface area contributed by atoms with Crippen molar-refractivity contribution in [2.75, 3.05) is 31.5 Å². The average Bonchev–Trinajstić information content (AvgIpc) is 2.75. The number of hydrogen-bond acceptors (Lipinski definition) is 6. The number of hydrogen-bond donors (Lipinski definition) is 2. The summed E-state index contributed by atoms with van der Waals surface area (Å²) in [5, 5.41) is 5.93. The van der Waals surface area contributed by atoms with Gasteiger partial charge in [-0.15, -0.1) is 13.2 Å². The van der Waals surface area contributed by atoms with Gasteiger partial charge in [0.1, 0.15) is 17.4 Å². The summed E-state index contributed by atoms with van der Waals surface area (Å²) in [5.41, 5.74) is -0.587. The highest BCUT2D eigenvalue weighted by Gasteiger charge is 2.41. The lowest BCUT2D eigenvalue weighted by Crippen LogP contribution is -2.64. The zero-order valence-corrected chi connectivity index (χ0v) is 22.9. The number of amides is 2. The van der Waals surface area contributed by atoms with Crippen LogP contribution >= 0.6 is 27.5 Å². The van der Waals surface area contributed by atoms with E-state index in [4.69, 9.17) is 16.3 Å². The lowest BCUT2D eigenvalue weighted by Gasteiger charge is -2.47. The first kappa shape index (κ1) is 28.8. The molecule has 0 saturated carbocycles. The van der Waals surface area contributed by atoms with E-state index in [1.54, 1.807) is 4.90 Å². The summed E-state index contributed by atoms with van der Waals surface area (Å²) in [6.07, 6.45) is -3.63. The van der Waals surface area contributed by atoms with E-state index in [1.165, 1.54) is 6.07 Å². The van der Waals surface area contributed by atoms with Crippen molar-refractivity contribution in [3.63, 3.8) is 0 Å². The molecule has 202 valence electrons. The highest BCUT2D eigenvalue weighted by Crippen LogP contribution is 2.37. The van der Waals surface area contributed by atoms with Gasteiger partial charge in [0, 0.05) is 44.3 Å². The monoisotopic (exact) mass is 598 g/mol. The third kappa shape index (κ3) is 7.62. The number of piperidine rings is 1.